The molecular weight excluding hydrogens is 661 g/mol. The molecule has 46 heavy (non-hydrogen) atoms. The molecule has 0 spiro atoms. The monoisotopic (exact) mass is 694 g/mol. The average molecular weight is 695 g/mol. The van der Waals surface area contributed by atoms with E-state index in [1.165, 1.54) is 12.8 Å². The lowest BCUT2D eigenvalue weighted by molar-refractivity contribution is -0.449. The summed E-state index contributed by atoms with van der Waals surface area (Å²) in [6, 6.07) is 3.06. The molecule has 16 heteroatoms. The van der Waals surface area contributed by atoms with Crippen molar-refractivity contribution in [2.45, 2.75) is 125 Å². The van der Waals surface area contributed by atoms with E-state index in [-0.39, 0.29) is 5.92 Å². The molecule has 0 radical (unpaired) electrons. The van der Waals surface area contributed by atoms with Gasteiger partial charge in [-0.25, -0.2) is 0 Å². The summed E-state index contributed by atoms with van der Waals surface area (Å²) >= 11 is 0. The number of alkyl halides is 15. The third kappa shape index (κ3) is 6.47. The number of benzene rings is 1. The molecule has 0 atom stereocenters. The van der Waals surface area contributed by atoms with Crippen LogP contribution in [0.3, 0.4) is 0 Å². The minimum Gasteiger partial charge on any atom is -0.287 e. The summed E-state index contributed by atoms with van der Waals surface area (Å²) in [7, 11) is 0. The maximum absolute atomic E-state index is 14.4. The van der Waals surface area contributed by atoms with E-state index in [1.807, 2.05) is 0 Å². The number of rotatable bonds is 12. The van der Waals surface area contributed by atoms with Crippen molar-refractivity contribution < 1.29 is 70.7 Å². The van der Waals surface area contributed by atoms with Gasteiger partial charge in [-0.2, -0.15) is 65.9 Å². The Balaban J connectivity index is 1.72. The molecule has 0 amide bonds. The number of halogens is 15. The summed E-state index contributed by atoms with van der Waals surface area (Å²) < 4.78 is 202. The molecule has 2 aliphatic carbocycles. The van der Waals surface area contributed by atoms with Gasteiger partial charge in [-0.05, 0) is 67.8 Å². The van der Waals surface area contributed by atoms with Crippen LogP contribution in [0.25, 0.3) is 0 Å². The summed E-state index contributed by atoms with van der Waals surface area (Å²) in [4.78, 5) is 12.2. The second kappa shape index (κ2) is 13.0. The maximum Gasteiger partial charge on any atom is 0.460 e. The van der Waals surface area contributed by atoms with Crippen molar-refractivity contribution in [1.82, 2.24) is 0 Å². The van der Waals surface area contributed by atoms with Crippen molar-refractivity contribution in [2.75, 3.05) is 0 Å². The molecule has 1 aromatic carbocycles. The van der Waals surface area contributed by atoms with E-state index < -0.39 is 53.1 Å². The Morgan fingerprint density at radius 1 is 0.587 bits per heavy atom. The Labute approximate surface area is 255 Å². The molecule has 0 saturated heterocycles. The highest BCUT2D eigenvalue weighted by atomic mass is 19.4. The number of hydrogen-bond donors (Lipinski definition) is 0. The van der Waals surface area contributed by atoms with Gasteiger partial charge in [-0.15, -0.1) is 0 Å². The summed E-state index contributed by atoms with van der Waals surface area (Å²) in [6.07, 6.45) is 3.40. The molecule has 0 aliphatic heterocycles. The lowest BCUT2D eigenvalue weighted by Gasteiger charge is -2.41. The Hall–Kier alpha value is -2.16. The van der Waals surface area contributed by atoms with Crippen molar-refractivity contribution in [2.24, 2.45) is 17.8 Å². The molecule has 0 bridgehead atoms. The van der Waals surface area contributed by atoms with Gasteiger partial charge in [0.15, 0.2) is 0 Å². The van der Waals surface area contributed by atoms with Crippen molar-refractivity contribution in [1.29, 1.82) is 0 Å². The maximum atomic E-state index is 14.4. The molecule has 0 N–H and O–H groups in total. The van der Waals surface area contributed by atoms with Crippen LogP contribution in [-0.4, -0.2) is 47.5 Å². The summed E-state index contributed by atoms with van der Waals surface area (Å²) in [5.74, 6) is -49.6. The van der Waals surface area contributed by atoms with Crippen LogP contribution in [0.4, 0.5) is 65.9 Å². The molecule has 2 aliphatic rings. The molecule has 0 aromatic heterocycles. The van der Waals surface area contributed by atoms with Gasteiger partial charge in [0.05, 0.1) is 0 Å². The van der Waals surface area contributed by atoms with Crippen molar-refractivity contribution in [3.05, 3.63) is 35.4 Å². The second-order valence-corrected chi connectivity index (χ2v) is 12.4. The Morgan fingerprint density at radius 2 is 1.00 bits per heavy atom. The molecule has 1 nitrogen and oxygen atoms in total. The van der Waals surface area contributed by atoms with Gasteiger partial charge in [0.1, 0.15) is 0 Å². The fourth-order valence-corrected chi connectivity index (χ4v) is 6.56. The first-order valence-corrected chi connectivity index (χ1v) is 14.9. The summed E-state index contributed by atoms with van der Waals surface area (Å²) in [5, 5.41) is 0. The zero-order valence-electron chi connectivity index (χ0n) is 24.5. The number of carbonyl (C=O) groups is 1. The number of hydrogen-bond acceptors (Lipinski definition) is 1. The minimum atomic E-state index is -8.43. The lowest BCUT2D eigenvalue weighted by atomic mass is 9.68. The Morgan fingerprint density at radius 3 is 1.43 bits per heavy atom. The number of ketones is 1. The fraction of sp³-hybridized carbons (Fsp3) is 0.767. The number of unbranched alkanes of at least 4 members (excludes halogenated alkanes) is 1. The van der Waals surface area contributed by atoms with Crippen LogP contribution in [0.2, 0.25) is 0 Å². The van der Waals surface area contributed by atoms with Crippen LogP contribution in [0.5, 0.6) is 0 Å². The van der Waals surface area contributed by atoms with Gasteiger partial charge >= 0.3 is 41.7 Å². The Bertz CT molecular complexity index is 1170. The van der Waals surface area contributed by atoms with E-state index in [1.54, 1.807) is 0 Å². The van der Waals surface area contributed by atoms with Gasteiger partial charge in [0, 0.05) is 5.56 Å². The van der Waals surface area contributed by atoms with Gasteiger partial charge < -0.3 is 0 Å². The number of carbonyl (C=O) groups excluding carboxylic acids is 1. The second-order valence-electron chi connectivity index (χ2n) is 12.4. The van der Waals surface area contributed by atoms with Crippen LogP contribution in [0.1, 0.15) is 99.4 Å². The molecule has 1 aromatic rings. The minimum absolute atomic E-state index is 0.149. The predicted molar refractivity (Wildman–Crippen MR) is 136 cm³/mol. The van der Waals surface area contributed by atoms with E-state index in [0.717, 1.165) is 63.0 Å². The van der Waals surface area contributed by atoms with Gasteiger partial charge in [-0.3, -0.25) is 4.79 Å². The smallest absolute Gasteiger partial charge is 0.287 e. The first-order valence-electron chi connectivity index (χ1n) is 14.9. The van der Waals surface area contributed by atoms with Crippen molar-refractivity contribution in [3.8, 4) is 0 Å². The summed E-state index contributed by atoms with van der Waals surface area (Å²) in [6.45, 7) is 2.14. The van der Waals surface area contributed by atoms with Crippen LogP contribution in [0, 0.1) is 17.8 Å². The molecule has 0 heterocycles. The zero-order valence-corrected chi connectivity index (χ0v) is 24.5. The third-order valence-electron chi connectivity index (χ3n) is 9.55. The first kappa shape index (κ1) is 38.3. The highest BCUT2D eigenvalue weighted by molar-refractivity contribution is 6.02. The predicted octanol–water partition coefficient (Wildman–Crippen LogP) is 11.5. The third-order valence-corrected chi connectivity index (χ3v) is 9.55. The quantitative estimate of drug-likeness (QED) is 0.157. The average Bonchev–Trinajstić information content (AvgIpc) is 2.99. The topological polar surface area (TPSA) is 17.1 Å². The molecule has 264 valence electrons. The van der Waals surface area contributed by atoms with Gasteiger partial charge in [0.2, 0.25) is 5.78 Å². The van der Waals surface area contributed by atoms with Crippen LogP contribution < -0.4 is 0 Å². The standard InChI is InChI=1S/C30H33F15O/c1-2-3-4-17-5-7-18(8-6-17)19-9-11-20(12-10-19)21-13-15-22(16-14-21)23(46)24(31,32)25(33,34)26(35,36)27(37,38)28(39,40)29(41,42)30(43,44)45/h13-20H,2-12H2,1H3/t17-,18-,19?,20?. The molecular formula is C30H33F15O. The molecule has 0 unspecified atom stereocenters. The van der Waals surface area contributed by atoms with Crippen LogP contribution in [-0.2, 0) is 0 Å². The van der Waals surface area contributed by atoms with E-state index >= 15 is 0 Å². The van der Waals surface area contributed by atoms with Gasteiger partial charge in [-0.1, -0.05) is 63.3 Å². The van der Waals surface area contributed by atoms with E-state index in [0.29, 0.717) is 42.4 Å². The van der Waals surface area contributed by atoms with Crippen molar-refractivity contribution in [3.63, 3.8) is 0 Å². The highest BCUT2D eigenvalue weighted by Crippen LogP contribution is 2.62. The molecule has 2 fully saturated rings. The largest absolute Gasteiger partial charge is 0.460 e. The van der Waals surface area contributed by atoms with Crippen molar-refractivity contribution >= 4 is 5.78 Å². The van der Waals surface area contributed by atoms with E-state index in [4.69, 9.17) is 0 Å². The summed E-state index contributed by atoms with van der Waals surface area (Å²) in [5.41, 5.74) is -0.993. The van der Waals surface area contributed by atoms with Gasteiger partial charge in [0.25, 0.3) is 0 Å². The van der Waals surface area contributed by atoms with Crippen LogP contribution in [0.15, 0.2) is 24.3 Å². The number of Topliss-reactive ketones (excluding diaryl/α,β-unsaturated/α-hetero) is 1. The zero-order chi connectivity index (χ0) is 35.1. The highest BCUT2D eigenvalue weighted by Gasteiger charge is 2.94. The lowest BCUT2D eigenvalue weighted by Crippen LogP contribution is -2.73. The Kier molecular flexibility index (Phi) is 10.9. The molecule has 3 rings (SSSR count). The SMILES string of the molecule is CCCC[C@H]1CC[C@H](C2CCC(c3ccc(C(=O)C(F)(F)C(F)(F)C(F)(F)C(F)(F)C(F)(F)C(F)(F)C(F)(F)F)cc3)CC2)CC1. The van der Waals surface area contributed by atoms with E-state index in [2.05, 4.69) is 6.92 Å². The fourth-order valence-electron chi connectivity index (χ4n) is 6.56. The first-order chi connectivity index (χ1) is 20.9. The normalized spacial score (nSPS) is 24.6. The van der Waals surface area contributed by atoms with E-state index in [9.17, 15) is 70.7 Å². The van der Waals surface area contributed by atoms with Crippen LogP contribution >= 0.6 is 0 Å². The molecule has 2 saturated carbocycles.